The van der Waals surface area contributed by atoms with Gasteiger partial charge in [0.05, 0.1) is 10.6 Å². The highest BCUT2D eigenvalue weighted by atomic mass is 19.1. The Balaban J connectivity index is 1.61. The van der Waals surface area contributed by atoms with Gasteiger partial charge in [-0.1, -0.05) is 6.07 Å². The van der Waals surface area contributed by atoms with Gasteiger partial charge < -0.3 is 9.30 Å². The molecule has 184 valence electrons. The number of pyridine rings is 1. The molecule has 0 unspecified atom stereocenters. The first kappa shape index (κ1) is 23.3. The van der Waals surface area contributed by atoms with E-state index < -0.39 is 17.5 Å². The van der Waals surface area contributed by atoms with E-state index in [4.69, 9.17) is 4.74 Å². The molecule has 9 nitrogen and oxygen atoms in total. The number of nitriles is 1. The quantitative estimate of drug-likeness (QED) is 0.198. The first-order chi connectivity index (χ1) is 18.4. The number of fused-ring (bicyclic) bond motifs is 2. The number of hydrogen-bond acceptors (Lipinski definition) is 7. The van der Waals surface area contributed by atoms with Crippen molar-refractivity contribution in [3.8, 4) is 40.0 Å². The van der Waals surface area contributed by atoms with Gasteiger partial charge in [-0.25, -0.2) is 24.6 Å². The fraction of sp³-hybridized carbons (Fsp3) is 0.111. The van der Waals surface area contributed by atoms with Crippen LogP contribution >= 0.6 is 0 Å². The largest absolute Gasteiger partial charge is 0.436 e. The van der Waals surface area contributed by atoms with Crippen LogP contribution in [-0.4, -0.2) is 31.2 Å². The summed E-state index contributed by atoms with van der Waals surface area (Å²) in [6, 6.07) is 14.4. The molecule has 3 aromatic heterocycles. The second kappa shape index (κ2) is 8.78. The number of aryl methyl sites for hydroxylation is 2. The van der Waals surface area contributed by atoms with Crippen LogP contribution in [0.5, 0.6) is 11.6 Å². The standard InChI is InChI=1S/C27H18BFN6O3/c1-15-4-3-5-22(33-15)38-21-10-17-12-28(13-30)26-24-23(19(17)11-20(21)29)25(34(2)27(24)32-14-31-26)16-6-8-18(9-7-16)35(36)37/h3-11,14H,12H2,1-2H3. The van der Waals surface area contributed by atoms with Crippen LogP contribution < -0.4 is 10.3 Å². The minimum atomic E-state index is -0.608. The average Bonchev–Trinajstić information content (AvgIpc) is 3.13. The summed E-state index contributed by atoms with van der Waals surface area (Å²) in [5.41, 5.74) is 5.14. The molecular formula is C27H18BFN6O3. The van der Waals surface area contributed by atoms with Crippen molar-refractivity contribution < 1.29 is 14.1 Å². The van der Waals surface area contributed by atoms with E-state index in [0.717, 1.165) is 5.69 Å². The Morgan fingerprint density at radius 1 is 1.18 bits per heavy atom. The fourth-order valence-electron chi connectivity index (χ4n) is 5.07. The molecule has 2 aromatic carbocycles. The first-order valence-corrected chi connectivity index (χ1v) is 11.8. The van der Waals surface area contributed by atoms with Crippen molar-refractivity contribution in [2.75, 3.05) is 0 Å². The molecule has 0 saturated carbocycles. The maximum absolute atomic E-state index is 15.6. The van der Waals surface area contributed by atoms with Gasteiger partial charge in [0.25, 0.3) is 5.69 Å². The number of aromatic nitrogens is 4. The third kappa shape index (κ3) is 3.66. The Morgan fingerprint density at radius 3 is 2.68 bits per heavy atom. The topological polar surface area (TPSA) is 120 Å². The van der Waals surface area contributed by atoms with Gasteiger partial charge in [-0.15, -0.1) is 0 Å². The molecule has 5 aromatic rings. The first-order valence-electron chi connectivity index (χ1n) is 11.8. The third-order valence-corrected chi connectivity index (χ3v) is 6.76. The molecule has 0 fully saturated rings. The van der Waals surface area contributed by atoms with E-state index in [0.29, 0.717) is 44.6 Å². The van der Waals surface area contributed by atoms with Crippen LogP contribution in [0.15, 0.2) is 60.9 Å². The van der Waals surface area contributed by atoms with Crippen molar-refractivity contribution in [3.63, 3.8) is 0 Å². The Kier molecular flexibility index (Phi) is 5.38. The summed E-state index contributed by atoms with van der Waals surface area (Å²) in [5.74, 6) is 2.01. The van der Waals surface area contributed by atoms with E-state index in [1.54, 1.807) is 30.3 Å². The van der Waals surface area contributed by atoms with Gasteiger partial charge in [-0.3, -0.25) is 10.1 Å². The lowest BCUT2D eigenvalue weighted by Crippen LogP contribution is -2.34. The second-order valence-corrected chi connectivity index (χ2v) is 9.09. The molecule has 6 rings (SSSR count). The van der Waals surface area contributed by atoms with E-state index in [-0.39, 0.29) is 23.6 Å². The summed E-state index contributed by atoms with van der Waals surface area (Å²) < 4.78 is 23.2. The molecule has 11 heteroatoms. The van der Waals surface area contributed by atoms with Gasteiger partial charge in [0, 0.05) is 53.5 Å². The van der Waals surface area contributed by atoms with Crippen molar-refractivity contribution in [1.29, 1.82) is 5.26 Å². The SMILES string of the molecule is Cc1cccc(Oc2cc3c(cc2F)-c2c(-c4ccc([N+](=O)[O-])cc4)n(C)c4ncnc(c24)B(C#N)C3)n1. The summed E-state index contributed by atoms with van der Waals surface area (Å²) in [4.78, 5) is 24.0. The Labute approximate surface area is 216 Å². The number of nitro groups is 1. The highest BCUT2D eigenvalue weighted by Crippen LogP contribution is 2.44. The molecule has 0 N–H and O–H groups in total. The van der Waals surface area contributed by atoms with E-state index in [1.165, 1.54) is 24.5 Å². The minimum Gasteiger partial charge on any atom is -0.436 e. The van der Waals surface area contributed by atoms with Crippen LogP contribution in [0.3, 0.4) is 0 Å². The van der Waals surface area contributed by atoms with Crippen molar-refractivity contribution >= 4 is 29.0 Å². The van der Waals surface area contributed by atoms with Crippen LogP contribution in [0, 0.1) is 34.1 Å². The molecule has 0 amide bonds. The summed E-state index contributed by atoms with van der Waals surface area (Å²) in [6.07, 6.45) is 1.70. The zero-order valence-electron chi connectivity index (χ0n) is 20.3. The van der Waals surface area contributed by atoms with Gasteiger partial charge in [0.2, 0.25) is 5.88 Å². The minimum absolute atomic E-state index is 0.000332. The monoisotopic (exact) mass is 504 g/mol. The van der Waals surface area contributed by atoms with E-state index in [9.17, 15) is 15.4 Å². The van der Waals surface area contributed by atoms with E-state index in [1.807, 2.05) is 24.6 Å². The average molecular weight is 504 g/mol. The van der Waals surface area contributed by atoms with Crippen LogP contribution in [0.4, 0.5) is 10.1 Å². The molecule has 38 heavy (non-hydrogen) atoms. The van der Waals surface area contributed by atoms with E-state index in [2.05, 4.69) is 20.9 Å². The molecular weight excluding hydrogens is 486 g/mol. The molecule has 0 saturated heterocycles. The van der Waals surface area contributed by atoms with Gasteiger partial charge in [-0.2, -0.15) is 0 Å². The van der Waals surface area contributed by atoms with Gasteiger partial charge in [0.1, 0.15) is 12.0 Å². The van der Waals surface area contributed by atoms with Crippen LogP contribution in [-0.2, 0) is 13.4 Å². The summed E-state index contributed by atoms with van der Waals surface area (Å²) in [7, 11) is 1.82. The van der Waals surface area contributed by atoms with Crippen LogP contribution in [0.1, 0.15) is 11.3 Å². The number of non-ortho nitro benzene ring substituents is 1. The highest BCUT2D eigenvalue weighted by molar-refractivity contribution is 6.81. The maximum Gasteiger partial charge on any atom is 0.327 e. The number of nitro benzene ring substituents is 1. The molecule has 0 spiro atoms. The Morgan fingerprint density at radius 2 is 1.97 bits per heavy atom. The number of ether oxygens (including phenoxy) is 1. The van der Waals surface area contributed by atoms with Crippen LogP contribution in [0.25, 0.3) is 33.4 Å². The number of benzene rings is 2. The molecule has 1 aliphatic heterocycles. The molecule has 0 atom stereocenters. The van der Waals surface area contributed by atoms with Crippen molar-refractivity contribution in [2.45, 2.75) is 13.2 Å². The smallest absolute Gasteiger partial charge is 0.327 e. The zero-order valence-corrected chi connectivity index (χ0v) is 20.3. The normalized spacial score (nSPS) is 12.1. The van der Waals surface area contributed by atoms with Crippen molar-refractivity contribution in [1.82, 2.24) is 19.5 Å². The van der Waals surface area contributed by atoms with Crippen molar-refractivity contribution in [3.05, 3.63) is 88.1 Å². The van der Waals surface area contributed by atoms with Gasteiger partial charge in [-0.05, 0) is 60.3 Å². The molecule has 4 heterocycles. The second-order valence-electron chi connectivity index (χ2n) is 9.09. The molecule has 0 radical (unpaired) electrons. The van der Waals surface area contributed by atoms with Crippen LogP contribution in [0.2, 0.25) is 0 Å². The molecule has 1 aliphatic rings. The molecule has 0 aliphatic carbocycles. The number of rotatable bonds is 4. The van der Waals surface area contributed by atoms with E-state index >= 15 is 4.39 Å². The lowest BCUT2D eigenvalue weighted by atomic mass is 9.45. The summed E-state index contributed by atoms with van der Waals surface area (Å²) in [5, 5.41) is 22.0. The predicted molar refractivity (Wildman–Crippen MR) is 140 cm³/mol. The molecule has 0 bridgehead atoms. The summed E-state index contributed by atoms with van der Waals surface area (Å²) in [6.45, 7) is 1.21. The Hall–Kier alpha value is -5.11. The predicted octanol–water partition coefficient (Wildman–Crippen LogP) is 4.71. The van der Waals surface area contributed by atoms with Gasteiger partial charge >= 0.3 is 6.71 Å². The Bertz CT molecular complexity index is 1810. The lowest BCUT2D eigenvalue weighted by Gasteiger charge is -2.14. The third-order valence-electron chi connectivity index (χ3n) is 6.76. The summed E-state index contributed by atoms with van der Waals surface area (Å²) >= 11 is 0. The lowest BCUT2D eigenvalue weighted by molar-refractivity contribution is -0.384. The van der Waals surface area contributed by atoms with Crippen molar-refractivity contribution in [2.24, 2.45) is 7.05 Å². The number of halogens is 1. The number of nitrogens with zero attached hydrogens (tertiary/aromatic N) is 6. The number of hydrogen-bond donors (Lipinski definition) is 0. The highest BCUT2D eigenvalue weighted by Gasteiger charge is 2.34. The fourth-order valence-corrected chi connectivity index (χ4v) is 5.07. The van der Waals surface area contributed by atoms with Gasteiger partial charge in [0.15, 0.2) is 11.6 Å². The maximum atomic E-state index is 15.6. The zero-order chi connectivity index (χ0) is 26.6.